The number of carbonyl (C=O) groups excluding carboxylic acids is 1. The fourth-order valence-electron chi connectivity index (χ4n) is 2.76. The lowest BCUT2D eigenvalue weighted by Crippen LogP contribution is -2.48. The molecule has 1 amide bonds. The van der Waals surface area contributed by atoms with Crippen LogP contribution in [-0.4, -0.2) is 53.4 Å². The molecule has 1 aromatic heterocycles. The molecule has 2 heterocycles. The van der Waals surface area contributed by atoms with Crippen LogP contribution < -0.4 is 5.32 Å². The summed E-state index contributed by atoms with van der Waals surface area (Å²) in [5.41, 5.74) is 1.61. The van der Waals surface area contributed by atoms with Crippen LogP contribution in [0, 0.1) is 0 Å². The van der Waals surface area contributed by atoms with E-state index in [1.807, 2.05) is 35.2 Å². The molecule has 0 unspecified atom stereocenters. The number of piperazine rings is 1. The number of hydrogen-bond donors (Lipinski definition) is 1. The summed E-state index contributed by atoms with van der Waals surface area (Å²) in [5, 5.41) is 3.23. The van der Waals surface area contributed by atoms with Crippen LogP contribution in [0.3, 0.4) is 0 Å². The molecule has 5 nitrogen and oxygen atoms in total. The molecule has 0 radical (unpaired) electrons. The van der Waals surface area contributed by atoms with Crippen LogP contribution in [0.2, 0.25) is 0 Å². The number of likely N-dealkylation sites (N-methyl/N-ethyl adjacent to an activating group) is 1. The van der Waals surface area contributed by atoms with E-state index in [-0.39, 0.29) is 5.91 Å². The van der Waals surface area contributed by atoms with Gasteiger partial charge in [-0.25, -0.2) is 4.98 Å². The topological polar surface area (TPSA) is 48.5 Å². The second kappa shape index (κ2) is 7.77. The Balaban J connectivity index is 1.68. The highest BCUT2D eigenvalue weighted by Gasteiger charge is 2.21. The van der Waals surface area contributed by atoms with Crippen molar-refractivity contribution in [3.8, 4) is 0 Å². The lowest BCUT2D eigenvalue weighted by Gasteiger charge is -2.34. The van der Waals surface area contributed by atoms with E-state index in [9.17, 15) is 4.79 Å². The Morgan fingerprint density at radius 1 is 1.17 bits per heavy atom. The molecule has 0 atom stereocenters. The van der Waals surface area contributed by atoms with Crippen molar-refractivity contribution in [3.63, 3.8) is 0 Å². The number of nitrogens with one attached hydrogen (secondary N) is 1. The molecule has 1 N–H and O–H groups in total. The van der Waals surface area contributed by atoms with Gasteiger partial charge in [-0.15, -0.1) is 0 Å². The first-order valence-electron chi connectivity index (χ1n) is 8.16. The van der Waals surface area contributed by atoms with Gasteiger partial charge in [-0.2, -0.15) is 0 Å². The molecule has 2 aromatic rings. The van der Waals surface area contributed by atoms with Crippen molar-refractivity contribution < 1.29 is 4.79 Å². The van der Waals surface area contributed by atoms with E-state index < -0.39 is 0 Å². The lowest BCUT2D eigenvalue weighted by molar-refractivity contribution is 0.0643. The first-order valence-corrected chi connectivity index (χ1v) is 8.95. The van der Waals surface area contributed by atoms with Crippen LogP contribution in [0.25, 0.3) is 0 Å². The van der Waals surface area contributed by atoms with Crippen LogP contribution in [0.1, 0.15) is 17.3 Å². The molecule has 3 rings (SSSR count). The van der Waals surface area contributed by atoms with Gasteiger partial charge >= 0.3 is 0 Å². The number of halogens is 1. The largest absolute Gasteiger partial charge is 0.340 e. The van der Waals surface area contributed by atoms with Gasteiger partial charge in [0.25, 0.3) is 5.91 Å². The van der Waals surface area contributed by atoms with Crippen LogP contribution in [-0.2, 0) is 0 Å². The highest BCUT2D eigenvalue weighted by molar-refractivity contribution is 9.10. The maximum absolute atomic E-state index is 12.7. The van der Waals surface area contributed by atoms with Crippen molar-refractivity contribution in [2.75, 3.05) is 38.0 Å². The molecular formula is C18H21BrN4O. The average Bonchev–Trinajstić information content (AvgIpc) is 2.63. The number of pyridine rings is 1. The van der Waals surface area contributed by atoms with Crippen LogP contribution in [0.4, 0.5) is 11.5 Å². The third-order valence-corrected chi connectivity index (χ3v) is 4.76. The van der Waals surface area contributed by atoms with Crippen molar-refractivity contribution in [1.29, 1.82) is 0 Å². The molecule has 0 bridgehead atoms. The summed E-state index contributed by atoms with van der Waals surface area (Å²) in [6.07, 6.45) is 1.68. The fraction of sp³-hybridized carbons (Fsp3) is 0.333. The quantitative estimate of drug-likeness (QED) is 0.871. The van der Waals surface area contributed by atoms with E-state index in [1.165, 1.54) is 0 Å². The number of rotatable bonds is 4. The standard InChI is InChI=1S/C18H21BrN4O/c1-2-22-9-11-23(12-10-22)18(24)14-7-8-20-17(13-14)21-16-5-3-15(19)4-6-16/h3-8,13H,2,9-12H2,1H3,(H,20,21). The predicted molar refractivity (Wildman–Crippen MR) is 99.7 cm³/mol. The molecule has 0 saturated carbocycles. The second-order valence-corrected chi connectivity index (χ2v) is 6.70. The van der Waals surface area contributed by atoms with Gasteiger partial charge in [-0.1, -0.05) is 22.9 Å². The normalized spacial score (nSPS) is 15.3. The van der Waals surface area contributed by atoms with Crippen molar-refractivity contribution >= 4 is 33.3 Å². The first kappa shape index (κ1) is 16.9. The smallest absolute Gasteiger partial charge is 0.254 e. The molecule has 6 heteroatoms. The summed E-state index contributed by atoms with van der Waals surface area (Å²) >= 11 is 3.42. The van der Waals surface area contributed by atoms with E-state index in [2.05, 4.69) is 38.1 Å². The number of anilines is 2. The third kappa shape index (κ3) is 4.13. The summed E-state index contributed by atoms with van der Waals surface area (Å²) in [6, 6.07) is 11.4. The monoisotopic (exact) mass is 388 g/mol. The minimum Gasteiger partial charge on any atom is -0.340 e. The zero-order valence-electron chi connectivity index (χ0n) is 13.7. The molecule has 24 heavy (non-hydrogen) atoms. The average molecular weight is 389 g/mol. The zero-order chi connectivity index (χ0) is 16.9. The molecule has 0 aliphatic carbocycles. The molecule has 1 aliphatic heterocycles. The van der Waals surface area contributed by atoms with E-state index in [1.54, 1.807) is 12.3 Å². The number of benzene rings is 1. The minimum atomic E-state index is 0.0759. The summed E-state index contributed by atoms with van der Waals surface area (Å²) in [6.45, 7) is 6.64. The van der Waals surface area contributed by atoms with Crippen LogP contribution in [0.5, 0.6) is 0 Å². The van der Waals surface area contributed by atoms with E-state index >= 15 is 0 Å². The number of carbonyl (C=O) groups is 1. The fourth-order valence-corrected chi connectivity index (χ4v) is 3.03. The third-order valence-electron chi connectivity index (χ3n) is 4.23. The van der Waals surface area contributed by atoms with Crippen molar-refractivity contribution in [3.05, 3.63) is 52.6 Å². The zero-order valence-corrected chi connectivity index (χ0v) is 15.3. The van der Waals surface area contributed by atoms with Crippen LogP contribution >= 0.6 is 15.9 Å². The number of hydrogen-bond acceptors (Lipinski definition) is 4. The van der Waals surface area contributed by atoms with Gasteiger partial charge in [-0.3, -0.25) is 4.79 Å². The molecule has 1 aromatic carbocycles. The Morgan fingerprint density at radius 2 is 1.88 bits per heavy atom. The summed E-state index contributed by atoms with van der Waals surface area (Å²) in [7, 11) is 0. The summed E-state index contributed by atoms with van der Waals surface area (Å²) < 4.78 is 1.02. The Kier molecular flexibility index (Phi) is 5.48. The lowest BCUT2D eigenvalue weighted by atomic mass is 10.2. The molecular weight excluding hydrogens is 368 g/mol. The molecule has 1 fully saturated rings. The Hall–Kier alpha value is -1.92. The van der Waals surface area contributed by atoms with Gasteiger partial charge < -0.3 is 15.1 Å². The molecule has 0 spiro atoms. The van der Waals surface area contributed by atoms with E-state index in [0.29, 0.717) is 11.4 Å². The maximum atomic E-state index is 12.7. The van der Waals surface area contributed by atoms with E-state index in [0.717, 1.165) is 42.9 Å². The van der Waals surface area contributed by atoms with E-state index in [4.69, 9.17) is 0 Å². The summed E-state index contributed by atoms with van der Waals surface area (Å²) in [5.74, 6) is 0.752. The predicted octanol–water partition coefficient (Wildman–Crippen LogP) is 3.37. The number of nitrogens with zero attached hydrogens (tertiary/aromatic N) is 3. The van der Waals surface area contributed by atoms with Gasteiger partial charge in [0.2, 0.25) is 0 Å². The second-order valence-electron chi connectivity index (χ2n) is 5.79. The van der Waals surface area contributed by atoms with Gasteiger partial charge in [0.05, 0.1) is 0 Å². The van der Waals surface area contributed by atoms with Crippen LogP contribution in [0.15, 0.2) is 47.1 Å². The number of amides is 1. The molecule has 1 aliphatic rings. The highest BCUT2D eigenvalue weighted by Crippen LogP contribution is 2.19. The molecule has 1 saturated heterocycles. The van der Waals surface area contributed by atoms with Crippen molar-refractivity contribution in [1.82, 2.24) is 14.8 Å². The Morgan fingerprint density at radius 3 is 2.54 bits per heavy atom. The van der Waals surface area contributed by atoms with Gasteiger partial charge in [0.1, 0.15) is 5.82 Å². The van der Waals surface area contributed by atoms with Crippen molar-refractivity contribution in [2.45, 2.75) is 6.92 Å². The minimum absolute atomic E-state index is 0.0759. The SMILES string of the molecule is CCN1CCN(C(=O)c2ccnc(Nc3ccc(Br)cc3)c2)CC1. The highest BCUT2D eigenvalue weighted by atomic mass is 79.9. The summed E-state index contributed by atoms with van der Waals surface area (Å²) in [4.78, 5) is 21.3. The maximum Gasteiger partial charge on any atom is 0.254 e. The Bertz CT molecular complexity index is 696. The number of aromatic nitrogens is 1. The van der Waals surface area contributed by atoms with Gasteiger partial charge in [0.15, 0.2) is 0 Å². The van der Waals surface area contributed by atoms with Gasteiger partial charge in [0, 0.05) is 48.1 Å². The van der Waals surface area contributed by atoms with Crippen molar-refractivity contribution in [2.24, 2.45) is 0 Å². The van der Waals surface area contributed by atoms with Gasteiger partial charge in [-0.05, 0) is 42.9 Å². The Labute approximate surface area is 150 Å². The first-order chi connectivity index (χ1) is 11.7. The molecule has 126 valence electrons.